The summed E-state index contributed by atoms with van der Waals surface area (Å²) in [5, 5.41) is 8.70. The molecule has 1 heterocycles. The van der Waals surface area contributed by atoms with Gasteiger partial charge in [0.1, 0.15) is 11.6 Å². The van der Waals surface area contributed by atoms with Crippen LogP contribution in [0, 0.1) is 25.2 Å². The van der Waals surface area contributed by atoms with E-state index in [1.165, 1.54) is 0 Å². The molecule has 0 spiro atoms. The highest BCUT2D eigenvalue weighted by atomic mass is 16.5. The average molecular weight is 253 g/mol. The Labute approximate surface area is 112 Å². The van der Waals surface area contributed by atoms with E-state index in [2.05, 4.69) is 16.0 Å². The Hall–Kier alpha value is -2.41. The Morgan fingerprint density at radius 2 is 2.05 bits per heavy atom. The predicted molar refractivity (Wildman–Crippen MR) is 72.8 cm³/mol. The topological polar surface area (TPSA) is 58.8 Å². The first kappa shape index (κ1) is 13.0. The standard InChI is InChI=1S/C15H15N3O/c1-10-9-14(19-3)11(2)8-12(10)13-5-7-17-15(18-13)4-6-16/h5,7-9H,4H2,1-3H3. The lowest BCUT2D eigenvalue weighted by Gasteiger charge is -2.11. The maximum atomic E-state index is 8.70. The molecule has 4 heteroatoms. The minimum absolute atomic E-state index is 0.224. The number of aryl methyl sites for hydroxylation is 2. The van der Waals surface area contributed by atoms with Gasteiger partial charge in [-0.3, -0.25) is 0 Å². The molecule has 2 rings (SSSR count). The van der Waals surface area contributed by atoms with Gasteiger partial charge in [-0.25, -0.2) is 9.97 Å². The fourth-order valence-electron chi connectivity index (χ4n) is 1.99. The molecular weight excluding hydrogens is 238 g/mol. The van der Waals surface area contributed by atoms with Crippen LogP contribution in [0.4, 0.5) is 0 Å². The number of ether oxygens (including phenoxy) is 1. The smallest absolute Gasteiger partial charge is 0.142 e. The molecule has 2 aromatic rings. The van der Waals surface area contributed by atoms with Crippen molar-refractivity contribution < 1.29 is 4.74 Å². The van der Waals surface area contributed by atoms with Gasteiger partial charge in [0, 0.05) is 11.8 Å². The van der Waals surface area contributed by atoms with Gasteiger partial charge in [0.15, 0.2) is 0 Å². The number of aromatic nitrogens is 2. The van der Waals surface area contributed by atoms with Crippen LogP contribution in [0.2, 0.25) is 0 Å². The largest absolute Gasteiger partial charge is 0.496 e. The van der Waals surface area contributed by atoms with Gasteiger partial charge < -0.3 is 4.74 Å². The Balaban J connectivity index is 2.50. The Bertz CT molecular complexity index is 644. The third-order valence-corrected chi connectivity index (χ3v) is 2.96. The van der Waals surface area contributed by atoms with Gasteiger partial charge in [-0.2, -0.15) is 5.26 Å². The summed E-state index contributed by atoms with van der Waals surface area (Å²) < 4.78 is 5.30. The monoisotopic (exact) mass is 253 g/mol. The number of hydrogen-bond donors (Lipinski definition) is 0. The van der Waals surface area contributed by atoms with Crippen molar-refractivity contribution in [1.82, 2.24) is 9.97 Å². The summed E-state index contributed by atoms with van der Waals surface area (Å²) in [6, 6.07) is 7.96. The number of rotatable bonds is 3. The van der Waals surface area contributed by atoms with Crippen LogP contribution in [0.15, 0.2) is 24.4 Å². The summed E-state index contributed by atoms with van der Waals surface area (Å²) in [6.45, 7) is 4.02. The van der Waals surface area contributed by atoms with Crippen molar-refractivity contribution in [1.29, 1.82) is 5.26 Å². The predicted octanol–water partition coefficient (Wildman–Crippen LogP) is 2.84. The molecule has 96 valence electrons. The number of nitriles is 1. The lowest BCUT2D eigenvalue weighted by molar-refractivity contribution is 0.411. The van der Waals surface area contributed by atoms with E-state index < -0.39 is 0 Å². The van der Waals surface area contributed by atoms with Crippen molar-refractivity contribution in [2.45, 2.75) is 20.3 Å². The SMILES string of the molecule is COc1cc(C)c(-c2ccnc(CC#N)n2)cc1C. The number of hydrogen-bond acceptors (Lipinski definition) is 4. The number of benzene rings is 1. The molecule has 0 saturated carbocycles. The summed E-state index contributed by atoms with van der Waals surface area (Å²) in [7, 11) is 1.66. The summed E-state index contributed by atoms with van der Waals surface area (Å²) in [5.74, 6) is 1.42. The molecule has 0 N–H and O–H groups in total. The van der Waals surface area contributed by atoms with E-state index in [9.17, 15) is 0 Å². The van der Waals surface area contributed by atoms with Crippen LogP contribution < -0.4 is 4.74 Å². The quantitative estimate of drug-likeness (QED) is 0.844. The van der Waals surface area contributed by atoms with Crippen LogP contribution in [0.1, 0.15) is 17.0 Å². The maximum absolute atomic E-state index is 8.70. The minimum atomic E-state index is 0.224. The van der Waals surface area contributed by atoms with Gasteiger partial charge in [0.25, 0.3) is 0 Å². The molecule has 1 aromatic carbocycles. The van der Waals surface area contributed by atoms with Crippen LogP contribution in [0.3, 0.4) is 0 Å². The fraction of sp³-hybridized carbons (Fsp3) is 0.267. The van der Waals surface area contributed by atoms with Crippen LogP contribution in [0.25, 0.3) is 11.3 Å². The second-order valence-electron chi connectivity index (χ2n) is 4.33. The highest BCUT2D eigenvalue weighted by molar-refractivity contribution is 5.66. The molecular formula is C15H15N3O. The van der Waals surface area contributed by atoms with E-state index in [0.717, 1.165) is 28.1 Å². The molecule has 0 aliphatic heterocycles. The lowest BCUT2D eigenvalue weighted by atomic mass is 10.0. The van der Waals surface area contributed by atoms with Crippen molar-refractivity contribution >= 4 is 0 Å². The summed E-state index contributed by atoms with van der Waals surface area (Å²) in [5.41, 5.74) is 4.02. The van der Waals surface area contributed by atoms with E-state index in [4.69, 9.17) is 10.00 Å². The van der Waals surface area contributed by atoms with Gasteiger partial charge >= 0.3 is 0 Å². The second-order valence-corrected chi connectivity index (χ2v) is 4.33. The van der Waals surface area contributed by atoms with Crippen molar-refractivity contribution in [3.63, 3.8) is 0 Å². The summed E-state index contributed by atoms with van der Waals surface area (Å²) >= 11 is 0. The number of nitrogens with zero attached hydrogens (tertiary/aromatic N) is 3. The Morgan fingerprint density at radius 3 is 2.74 bits per heavy atom. The summed E-state index contributed by atoms with van der Waals surface area (Å²) in [6.07, 6.45) is 1.91. The molecule has 0 unspecified atom stereocenters. The zero-order valence-corrected chi connectivity index (χ0v) is 11.3. The van der Waals surface area contributed by atoms with Crippen LogP contribution in [0.5, 0.6) is 5.75 Å². The van der Waals surface area contributed by atoms with Crippen molar-refractivity contribution in [3.05, 3.63) is 41.3 Å². The molecule has 0 aliphatic carbocycles. The zero-order chi connectivity index (χ0) is 13.8. The molecule has 0 radical (unpaired) electrons. The van der Waals surface area contributed by atoms with E-state index in [1.54, 1.807) is 13.3 Å². The first-order chi connectivity index (χ1) is 9.15. The van der Waals surface area contributed by atoms with E-state index in [-0.39, 0.29) is 6.42 Å². The Kier molecular flexibility index (Phi) is 3.76. The highest BCUT2D eigenvalue weighted by Gasteiger charge is 2.09. The first-order valence-corrected chi connectivity index (χ1v) is 6.00. The molecule has 0 bridgehead atoms. The van der Waals surface area contributed by atoms with Crippen LogP contribution >= 0.6 is 0 Å². The Morgan fingerprint density at radius 1 is 1.26 bits per heavy atom. The average Bonchev–Trinajstić information content (AvgIpc) is 2.41. The fourth-order valence-corrected chi connectivity index (χ4v) is 1.99. The maximum Gasteiger partial charge on any atom is 0.142 e. The summed E-state index contributed by atoms with van der Waals surface area (Å²) in [4.78, 5) is 8.50. The van der Waals surface area contributed by atoms with Gasteiger partial charge in [0.2, 0.25) is 0 Å². The molecule has 0 fully saturated rings. The molecule has 19 heavy (non-hydrogen) atoms. The number of methoxy groups -OCH3 is 1. The third-order valence-electron chi connectivity index (χ3n) is 2.96. The highest BCUT2D eigenvalue weighted by Crippen LogP contribution is 2.28. The zero-order valence-electron chi connectivity index (χ0n) is 11.3. The van der Waals surface area contributed by atoms with E-state index >= 15 is 0 Å². The molecule has 0 saturated heterocycles. The normalized spacial score (nSPS) is 10.0. The molecule has 4 nitrogen and oxygen atoms in total. The van der Waals surface area contributed by atoms with E-state index in [0.29, 0.717) is 5.82 Å². The van der Waals surface area contributed by atoms with Crippen LogP contribution in [-0.2, 0) is 6.42 Å². The van der Waals surface area contributed by atoms with Crippen LogP contribution in [-0.4, -0.2) is 17.1 Å². The van der Waals surface area contributed by atoms with Gasteiger partial charge in [-0.1, -0.05) is 0 Å². The molecule has 0 amide bonds. The second kappa shape index (κ2) is 5.49. The first-order valence-electron chi connectivity index (χ1n) is 6.00. The molecule has 1 aromatic heterocycles. The van der Waals surface area contributed by atoms with Gasteiger partial charge in [-0.15, -0.1) is 0 Å². The van der Waals surface area contributed by atoms with Gasteiger partial charge in [-0.05, 0) is 43.2 Å². The van der Waals surface area contributed by atoms with Crippen molar-refractivity contribution in [2.24, 2.45) is 0 Å². The molecule has 0 atom stereocenters. The van der Waals surface area contributed by atoms with Crippen molar-refractivity contribution in [3.8, 4) is 23.1 Å². The van der Waals surface area contributed by atoms with Crippen molar-refractivity contribution in [2.75, 3.05) is 7.11 Å². The van der Waals surface area contributed by atoms with E-state index in [1.807, 2.05) is 32.0 Å². The lowest BCUT2D eigenvalue weighted by Crippen LogP contribution is -1.97. The minimum Gasteiger partial charge on any atom is -0.496 e. The third kappa shape index (κ3) is 2.71. The molecule has 0 aliphatic rings. The van der Waals surface area contributed by atoms with Gasteiger partial charge in [0.05, 0.1) is 25.3 Å².